The maximum Gasteiger partial charge on any atom is 0.408 e. The fourth-order valence-electron chi connectivity index (χ4n) is 8.42. The lowest BCUT2D eigenvalue weighted by Gasteiger charge is -2.22. The Kier molecular flexibility index (Phi) is 40.7. The molecular formula is C73H97Cl2N7O15. The normalized spacial score (nSPS) is 12.4. The molecule has 97 heavy (non-hydrogen) atoms. The number of carboxylic acids is 1. The number of likely N-dealkylation sites (N-methyl/N-ethyl adjacent to an activating group) is 1. The molecule has 528 valence electrons. The van der Waals surface area contributed by atoms with Crippen LogP contribution >= 0.6 is 23.2 Å². The number of nitrogens with one attached hydrogen (secondary N) is 4. The van der Waals surface area contributed by atoms with Crippen molar-refractivity contribution in [3.8, 4) is 0 Å². The van der Waals surface area contributed by atoms with Crippen LogP contribution in [0.5, 0.6) is 0 Å². The summed E-state index contributed by atoms with van der Waals surface area (Å²) in [6.45, 7) is 14.2. The number of benzene rings is 6. The summed E-state index contributed by atoms with van der Waals surface area (Å²) in [6, 6.07) is 51.3. The van der Waals surface area contributed by atoms with Crippen molar-refractivity contribution < 1.29 is 71.9 Å². The van der Waals surface area contributed by atoms with Gasteiger partial charge >= 0.3 is 36.1 Å². The average molecular weight is 1380 g/mol. The molecule has 24 heteroatoms. The Balaban J connectivity index is 0.000000432. The Labute approximate surface area is 580 Å². The van der Waals surface area contributed by atoms with Gasteiger partial charge in [0, 0.05) is 49.4 Å². The summed E-state index contributed by atoms with van der Waals surface area (Å²) in [6.07, 6.45) is 1.34. The molecule has 0 aliphatic carbocycles. The summed E-state index contributed by atoms with van der Waals surface area (Å²) in [5, 5.41) is 19.1. The van der Waals surface area contributed by atoms with Crippen LogP contribution in [-0.2, 0) is 76.5 Å². The van der Waals surface area contributed by atoms with Crippen LogP contribution in [0.25, 0.3) is 0 Å². The number of aliphatic carboxylic acids is 1. The Morgan fingerprint density at radius 1 is 0.495 bits per heavy atom. The number of nitrogens with two attached hydrogens (primary N) is 2. The third kappa shape index (κ3) is 40.8. The van der Waals surface area contributed by atoms with Gasteiger partial charge in [-0.25, -0.2) is 19.2 Å². The molecule has 6 aromatic carbocycles. The first-order valence-electron chi connectivity index (χ1n) is 31.4. The van der Waals surface area contributed by atoms with Gasteiger partial charge in [-0.05, 0) is 157 Å². The van der Waals surface area contributed by atoms with Crippen LogP contribution in [-0.4, -0.2) is 147 Å². The van der Waals surface area contributed by atoms with Crippen molar-refractivity contribution in [2.45, 2.75) is 129 Å². The number of anilines is 3. The third-order valence-corrected chi connectivity index (χ3v) is 13.3. The second-order valence-electron chi connectivity index (χ2n) is 23.8. The Morgan fingerprint density at radius 2 is 0.804 bits per heavy atom. The lowest BCUT2D eigenvalue weighted by molar-refractivity contribution is -0.144. The number of methoxy groups -OCH3 is 3. The highest BCUT2D eigenvalue weighted by atomic mass is 35.5. The summed E-state index contributed by atoms with van der Waals surface area (Å²) in [5.41, 5.74) is 19.4. The standard InChI is InChI=1S/C24H30N2O5.C19H22N2O3.C13H13N.C11H19NO6.C5H11NO.CH2Cl2/c1-24(2,3)31-23(29)26-20(22(28)30-4)14-15-21(27)25-19-12-10-18(11-13-19)16-17-8-6-5-7-9-17;1-24-19(23)17(20)11-12-18(22)21-16-9-7-15(8-10-16)13-14-5-3-2-4-6-14;14-13-8-6-12(7-9-13)10-11-4-2-1-3-5-11;1-11(2,3)18-10(16)12-7(9(15)17-4)5-6-8(13)14;1-6-2-4-7-5-3-6;2-1-3/h5-13,20H,14-16H2,1-4H3,(H,25,27)(H,26,29);2-10,17H,11-13,20H2,1H3,(H,21,22);1-9H,10,14H2;7H,5-6H2,1-4H3,(H,12,16)(H,13,14);2-5H2,1H3;1H2. The highest BCUT2D eigenvalue weighted by Crippen LogP contribution is 2.18. The van der Waals surface area contributed by atoms with E-state index in [1.54, 1.807) is 41.5 Å². The van der Waals surface area contributed by atoms with Crippen molar-refractivity contribution in [3.05, 3.63) is 197 Å². The number of morpholine rings is 1. The predicted molar refractivity (Wildman–Crippen MR) is 379 cm³/mol. The third-order valence-electron chi connectivity index (χ3n) is 13.3. The summed E-state index contributed by atoms with van der Waals surface area (Å²) >= 11 is 9.53. The van der Waals surface area contributed by atoms with E-state index in [4.69, 9.17) is 58.7 Å². The van der Waals surface area contributed by atoms with Gasteiger partial charge in [-0.15, -0.1) is 23.2 Å². The van der Waals surface area contributed by atoms with Gasteiger partial charge in [0.15, 0.2) is 0 Å². The van der Waals surface area contributed by atoms with E-state index in [2.05, 4.69) is 103 Å². The van der Waals surface area contributed by atoms with E-state index in [9.17, 15) is 38.4 Å². The number of alkyl halides is 2. The smallest absolute Gasteiger partial charge is 0.408 e. The zero-order chi connectivity index (χ0) is 72.2. The Bertz CT molecular complexity index is 3240. The van der Waals surface area contributed by atoms with Crippen molar-refractivity contribution in [2.75, 3.05) is 76.4 Å². The summed E-state index contributed by atoms with van der Waals surface area (Å²) in [7, 11) is 5.78. The number of carbonyl (C=O) groups is 8. The van der Waals surface area contributed by atoms with Gasteiger partial charge in [-0.1, -0.05) is 127 Å². The van der Waals surface area contributed by atoms with E-state index in [-0.39, 0.29) is 55.7 Å². The van der Waals surface area contributed by atoms with E-state index in [0.29, 0.717) is 5.69 Å². The van der Waals surface area contributed by atoms with Gasteiger partial charge < -0.3 is 71.2 Å². The van der Waals surface area contributed by atoms with Crippen LogP contribution in [0.2, 0.25) is 0 Å². The molecule has 0 bridgehead atoms. The van der Waals surface area contributed by atoms with Crippen molar-refractivity contribution in [1.29, 1.82) is 0 Å². The first-order valence-corrected chi connectivity index (χ1v) is 32.4. The molecule has 6 aromatic rings. The number of nitrogen functional groups attached to an aromatic ring is 1. The number of rotatable bonds is 22. The molecule has 0 radical (unpaired) electrons. The number of amides is 4. The lowest BCUT2D eigenvalue weighted by Crippen LogP contribution is -2.44. The minimum absolute atomic E-state index is 0.0291. The molecule has 7 rings (SSSR count). The number of carboxylic acid groups (broad SMARTS) is 1. The molecule has 1 aliphatic heterocycles. The second kappa shape index (κ2) is 47.0. The molecular weight excluding hydrogens is 1290 g/mol. The second-order valence-corrected chi connectivity index (χ2v) is 24.6. The van der Waals surface area contributed by atoms with Gasteiger partial charge in [0.25, 0.3) is 0 Å². The van der Waals surface area contributed by atoms with E-state index >= 15 is 0 Å². The number of esters is 3. The molecule has 1 fully saturated rings. The molecule has 0 saturated carbocycles. The van der Waals surface area contributed by atoms with Gasteiger partial charge in [0.2, 0.25) is 11.8 Å². The molecule has 1 heterocycles. The zero-order valence-electron chi connectivity index (χ0n) is 57.2. The number of hydrogen-bond acceptors (Lipinski definition) is 17. The number of carbonyl (C=O) groups excluding carboxylic acids is 7. The Morgan fingerprint density at radius 3 is 1.10 bits per heavy atom. The molecule has 3 unspecified atom stereocenters. The van der Waals surface area contributed by atoms with Crippen molar-refractivity contribution in [3.63, 3.8) is 0 Å². The first kappa shape index (κ1) is 84.0. The van der Waals surface area contributed by atoms with Gasteiger partial charge in [0.1, 0.15) is 29.3 Å². The van der Waals surface area contributed by atoms with Crippen LogP contribution < -0.4 is 32.7 Å². The molecule has 22 nitrogen and oxygen atoms in total. The SMILES string of the molecule is CN1CCOCC1.COC(=O)C(CCC(=O)Nc1ccc(Cc2ccccc2)cc1)NC(=O)OC(C)(C)C.COC(=O)C(CCC(=O)O)NC(=O)OC(C)(C)C.COC(=O)C(N)CCC(=O)Nc1ccc(Cc2ccccc2)cc1.ClCCl.Nc1ccc(Cc2ccccc2)cc1. The average Bonchev–Trinajstić information content (AvgIpc) is 1.38. The fourth-order valence-corrected chi connectivity index (χ4v) is 8.42. The molecule has 3 atom stereocenters. The highest BCUT2D eigenvalue weighted by Gasteiger charge is 2.27. The highest BCUT2D eigenvalue weighted by molar-refractivity contribution is 6.40. The largest absolute Gasteiger partial charge is 0.481 e. The molecule has 4 amide bonds. The van der Waals surface area contributed by atoms with Crippen LogP contribution in [0.3, 0.4) is 0 Å². The van der Waals surface area contributed by atoms with E-state index in [0.717, 1.165) is 69.6 Å². The van der Waals surface area contributed by atoms with Crippen molar-refractivity contribution in [1.82, 2.24) is 15.5 Å². The monoisotopic (exact) mass is 1380 g/mol. The minimum atomic E-state index is -1.06. The maximum atomic E-state index is 12.3. The van der Waals surface area contributed by atoms with E-state index in [1.807, 2.05) is 103 Å². The fraction of sp³-hybridized carbons (Fsp3) is 0.397. The Hall–Kier alpha value is -9.06. The quantitative estimate of drug-likeness (QED) is 0.0144. The summed E-state index contributed by atoms with van der Waals surface area (Å²) in [5.74, 6) is -3.35. The van der Waals surface area contributed by atoms with Gasteiger partial charge in [-0.3, -0.25) is 19.2 Å². The molecule has 0 aromatic heterocycles. The van der Waals surface area contributed by atoms with E-state index < -0.39 is 65.4 Å². The predicted octanol–water partition coefficient (Wildman–Crippen LogP) is 11.7. The number of hydrogen-bond donors (Lipinski definition) is 7. The number of ether oxygens (including phenoxy) is 6. The first-order chi connectivity index (χ1) is 46.0. The van der Waals surface area contributed by atoms with Crippen molar-refractivity contribution >= 4 is 88.1 Å². The zero-order valence-corrected chi connectivity index (χ0v) is 58.8. The summed E-state index contributed by atoms with van der Waals surface area (Å²) in [4.78, 5) is 94.8. The number of nitrogens with zero attached hydrogens (tertiary/aromatic N) is 1. The number of alkyl carbamates (subject to hydrolysis) is 2. The molecule has 0 spiro atoms. The summed E-state index contributed by atoms with van der Waals surface area (Å²) < 4.78 is 28.9. The van der Waals surface area contributed by atoms with E-state index in [1.165, 1.54) is 42.0 Å². The van der Waals surface area contributed by atoms with Gasteiger partial charge in [0.05, 0.1) is 39.9 Å². The molecule has 9 N–H and O–H groups in total. The maximum absolute atomic E-state index is 12.3. The minimum Gasteiger partial charge on any atom is -0.481 e. The topological polar surface area (TPSA) is 316 Å². The van der Waals surface area contributed by atoms with Crippen LogP contribution in [0.1, 0.15) is 113 Å². The van der Waals surface area contributed by atoms with Gasteiger partial charge in [-0.2, -0.15) is 0 Å². The van der Waals surface area contributed by atoms with Crippen LogP contribution in [0, 0.1) is 0 Å². The molecule has 1 aliphatic rings. The van der Waals surface area contributed by atoms with Crippen molar-refractivity contribution in [2.24, 2.45) is 5.73 Å². The van der Waals surface area contributed by atoms with Crippen LogP contribution in [0.15, 0.2) is 164 Å². The molecule has 1 saturated heterocycles. The number of halogens is 2. The van der Waals surface area contributed by atoms with Crippen LogP contribution in [0.4, 0.5) is 26.7 Å². The lowest BCUT2D eigenvalue weighted by atomic mass is 10.0.